The Kier molecular flexibility index (Phi) is 3.38. The quantitative estimate of drug-likeness (QED) is 0.494. The number of hydrogen-bond acceptors (Lipinski definition) is 2. The summed E-state index contributed by atoms with van der Waals surface area (Å²) < 4.78 is 0. The van der Waals surface area contributed by atoms with Crippen LogP contribution in [0.2, 0.25) is 19.6 Å². The third-order valence-electron chi connectivity index (χ3n) is 2.58. The van der Waals surface area contributed by atoms with Gasteiger partial charge in [-0.1, -0.05) is 32.8 Å². The maximum atomic E-state index is 9.27. The standard InChI is InChI=1S/C13H19NOSi/c1-9-7-12(10(2)11(3)15)14-8-13(9)16(4,5)6/h7-8,15H,2-3H2,1,4-6H3. The van der Waals surface area contributed by atoms with Crippen molar-refractivity contribution in [1.82, 2.24) is 4.98 Å². The Balaban J connectivity index is 3.19. The van der Waals surface area contributed by atoms with Crippen molar-refractivity contribution in [2.45, 2.75) is 26.6 Å². The zero-order valence-electron chi connectivity index (χ0n) is 10.5. The maximum Gasteiger partial charge on any atom is 0.117 e. The third-order valence-corrected chi connectivity index (χ3v) is 4.72. The van der Waals surface area contributed by atoms with E-state index in [1.165, 1.54) is 10.8 Å². The molecule has 0 saturated carbocycles. The van der Waals surface area contributed by atoms with Gasteiger partial charge < -0.3 is 5.11 Å². The molecule has 2 nitrogen and oxygen atoms in total. The second-order valence-corrected chi connectivity index (χ2v) is 10.1. The molecule has 0 fully saturated rings. The highest BCUT2D eigenvalue weighted by atomic mass is 28.3. The van der Waals surface area contributed by atoms with Crippen LogP contribution in [0.3, 0.4) is 0 Å². The number of hydrogen-bond donors (Lipinski definition) is 1. The number of pyridine rings is 1. The van der Waals surface area contributed by atoms with Crippen LogP contribution in [-0.4, -0.2) is 18.2 Å². The molecule has 0 unspecified atom stereocenters. The number of nitrogens with zero attached hydrogens (tertiary/aromatic N) is 1. The molecular weight excluding hydrogens is 214 g/mol. The van der Waals surface area contributed by atoms with Gasteiger partial charge in [-0.25, -0.2) is 0 Å². The molecule has 86 valence electrons. The monoisotopic (exact) mass is 233 g/mol. The SMILES string of the molecule is C=C(O)C(=C)c1cc(C)c([Si](C)(C)C)cn1. The van der Waals surface area contributed by atoms with Crippen molar-refractivity contribution in [2.75, 3.05) is 0 Å². The lowest BCUT2D eigenvalue weighted by molar-refractivity contribution is 0.440. The molecule has 3 heteroatoms. The van der Waals surface area contributed by atoms with Crippen molar-refractivity contribution >= 4 is 18.8 Å². The second kappa shape index (κ2) is 4.26. The van der Waals surface area contributed by atoms with Gasteiger partial charge in [0.05, 0.1) is 13.8 Å². The number of aliphatic hydroxyl groups excluding tert-OH is 1. The van der Waals surface area contributed by atoms with E-state index in [2.05, 4.69) is 44.7 Å². The Morgan fingerprint density at radius 1 is 1.31 bits per heavy atom. The number of aromatic nitrogens is 1. The molecule has 0 saturated heterocycles. The lowest BCUT2D eigenvalue weighted by Gasteiger charge is -2.19. The van der Waals surface area contributed by atoms with E-state index in [0.717, 1.165) is 0 Å². The van der Waals surface area contributed by atoms with Crippen molar-refractivity contribution in [1.29, 1.82) is 0 Å². The zero-order valence-corrected chi connectivity index (χ0v) is 11.5. The predicted octanol–water partition coefficient (Wildman–Crippen LogP) is 3.02. The average molecular weight is 233 g/mol. The van der Waals surface area contributed by atoms with Gasteiger partial charge in [-0.3, -0.25) is 4.98 Å². The van der Waals surface area contributed by atoms with Crippen LogP contribution in [0.15, 0.2) is 31.2 Å². The minimum atomic E-state index is -1.34. The summed E-state index contributed by atoms with van der Waals surface area (Å²) in [6, 6.07) is 1.97. The molecular formula is C13H19NOSi. The second-order valence-electron chi connectivity index (χ2n) is 5.06. The Morgan fingerprint density at radius 3 is 2.25 bits per heavy atom. The lowest BCUT2D eigenvalue weighted by Crippen LogP contribution is -2.39. The van der Waals surface area contributed by atoms with Gasteiger partial charge in [0.1, 0.15) is 5.76 Å². The van der Waals surface area contributed by atoms with Gasteiger partial charge in [-0.2, -0.15) is 0 Å². The van der Waals surface area contributed by atoms with Gasteiger partial charge in [-0.15, -0.1) is 0 Å². The van der Waals surface area contributed by atoms with E-state index in [1.54, 1.807) is 0 Å². The van der Waals surface area contributed by atoms with Gasteiger partial charge in [0.2, 0.25) is 0 Å². The molecule has 0 aromatic carbocycles. The fourth-order valence-corrected chi connectivity index (χ4v) is 3.36. The van der Waals surface area contributed by atoms with E-state index < -0.39 is 8.07 Å². The van der Waals surface area contributed by atoms with E-state index in [9.17, 15) is 5.11 Å². The van der Waals surface area contributed by atoms with Gasteiger partial charge in [0.15, 0.2) is 0 Å². The number of aryl methyl sites for hydroxylation is 1. The van der Waals surface area contributed by atoms with E-state index in [4.69, 9.17) is 0 Å². The summed E-state index contributed by atoms with van der Waals surface area (Å²) in [4.78, 5) is 4.34. The van der Waals surface area contributed by atoms with E-state index >= 15 is 0 Å². The summed E-state index contributed by atoms with van der Waals surface area (Å²) in [7, 11) is -1.34. The Bertz CT molecular complexity index is 444. The fraction of sp³-hybridized carbons (Fsp3) is 0.308. The highest BCUT2D eigenvalue weighted by molar-refractivity contribution is 6.89. The molecule has 0 radical (unpaired) electrons. The Hall–Kier alpha value is -1.35. The summed E-state index contributed by atoms with van der Waals surface area (Å²) in [5.74, 6) is -0.0207. The van der Waals surface area contributed by atoms with Crippen molar-refractivity contribution in [3.8, 4) is 0 Å². The molecule has 0 aliphatic carbocycles. The van der Waals surface area contributed by atoms with E-state index in [-0.39, 0.29) is 5.76 Å². The van der Waals surface area contributed by atoms with Gasteiger partial charge in [0.25, 0.3) is 0 Å². The van der Waals surface area contributed by atoms with Crippen LogP contribution in [0.1, 0.15) is 11.3 Å². The summed E-state index contributed by atoms with van der Waals surface area (Å²) in [6.07, 6.45) is 1.91. The van der Waals surface area contributed by atoms with E-state index in [0.29, 0.717) is 11.3 Å². The first-order valence-electron chi connectivity index (χ1n) is 5.28. The molecule has 0 spiro atoms. The predicted molar refractivity (Wildman–Crippen MR) is 72.8 cm³/mol. The van der Waals surface area contributed by atoms with Crippen molar-refractivity contribution in [3.05, 3.63) is 42.4 Å². The zero-order chi connectivity index (χ0) is 12.5. The van der Waals surface area contributed by atoms with Crippen LogP contribution in [0.5, 0.6) is 0 Å². The smallest absolute Gasteiger partial charge is 0.117 e. The Morgan fingerprint density at radius 2 is 1.88 bits per heavy atom. The minimum Gasteiger partial charge on any atom is -0.508 e. The van der Waals surface area contributed by atoms with Crippen LogP contribution >= 0.6 is 0 Å². The number of rotatable bonds is 3. The fourth-order valence-electron chi connectivity index (χ4n) is 1.65. The first-order valence-corrected chi connectivity index (χ1v) is 8.78. The van der Waals surface area contributed by atoms with Gasteiger partial charge in [0, 0.05) is 11.8 Å². The highest BCUT2D eigenvalue weighted by Gasteiger charge is 2.19. The molecule has 0 amide bonds. The normalized spacial score (nSPS) is 11.2. The highest BCUT2D eigenvalue weighted by Crippen LogP contribution is 2.16. The molecule has 16 heavy (non-hydrogen) atoms. The first-order chi connectivity index (χ1) is 7.23. The molecule has 0 aliphatic rings. The third kappa shape index (κ3) is 2.61. The van der Waals surface area contributed by atoms with Gasteiger partial charge >= 0.3 is 0 Å². The van der Waals surface area contributed by atoms with Crippen molar-refractivity contribution < 1.29 is 5.11 Å². The molecule has 0 aliphatic heterocycles. The lowest BCUT2D eigenvalue weighted by atomic mass is 10.1. The van der Waals surface area contributed by atoms with Crippen molar-refractivity contribution in [3.63, 3.8) is 0 Å². The van der Waals surface area contributed by atoms with Gasteiger partial charge in [-0.05, 0) is 23.7 Å². The number of allylic oxidation sites excluding steroid dienone is 1. The minimum absolute atomic E-state index is 0.0207. The molecule has 1 aromatic rings. The summed E-state index contributed by atoms with van der Waals surface area (Å²) in [6.45, 7) is 16.2. The van der Waals surface area contributed by atoms with Crippen LogP contribution in [0.25, 0.3) is 5.57 Å². The molecule has 1 N–H and O–H groups in total. The Labute approximate surface area is 98.4 Å². The average Bonchev–Trinajstić information content (AvgIpc) is 2.14. The largest absolute Gasteiger partial charge is 0.508 e. The van der Waals surface area contributed by atoms with Crippen LogP contribution < -0.4 is 5.19 Å². The topological polar surface area (TPSA) is 33.1 Å². The van der Waals surface area contributed by atoms with Crippen molar-refractivity contribution in [2.24, 2.45) is 0 Å². The molecule has 1 aromatic heterocycles. The summed E-state index contributed by atoms with van der Waals surface area (Å²) in [5, 5.41) is 10.6. The summed E-state index contributed by atoms with van der Waals surface area (Å²) in [5.41, 5.74) is 2.41. The van der Waals surface area contributed by atoms with Crippen LogP contribution in [0.4, 0.5) is 0 Å². The molecule has 0 atom stereocenters. The summed E-state index contributed by atoms with van der Waals surface area (Å²) >= 11 is 0. The van der Waals surface area contributed by atoms with E-state index in [1.807, 2.05) is 12.3 Å². The maximum absolute atomic E-state index is 9.27. The molecule has 0 bridgehead atoms. The first kappa shape index (κ1) is 12.7. The van der Waals surface area contributed by atoms with Crippen LogP contribution in [-0.2, 0) is 0 Å². The molecule has 1 rings (SSSR count). The van der Waals surface area contributed by atoms with Crippen LogP contribution in [0, 0.1) is 6.92 Å². The number of aliphatic hydroxyl groups is 1. The molecule has 1 heterocycles.